The highest BCUT2D eigenvalue weighted by molar-refractivity contribution is 7.15. The molecule has 0 unspecified atom stereocenters. The summed E-state index contributed by atoms with van der Waals surface area (Å²) in [6, 6.07) is 19.9. The molecule has 1 N–H and O–H groups in total. The van der Waals surface area contributed by atoms with Crippen molar-refractivity contribution in [3.63, 3.8) is 0 Å². The molecule has 0 atom stereocenters. The molecule has 1 amide bonds. The predicted octanol–water partition coefficient (Wildman–Crippen LogP) is 5.09. The van der Waals surface area contributed by atoms with Gasteiger partial charge in [0.1, 0.15) is 0 Å². The number of anilines is 1. The summed E-state index contributed by atoms with van der Waals surface area (Å²) in [6.07, 6.45) is 6.59. The van der Waals surface area contributed by atoms with E-state index in [1.54, 1.807) is 0 Å². The van der Waals surface area contributed by atoms with E-state index in [-0.39, 0.29) is 5.91 Å². The Morgan fingerprint density at radius 1 is 1.07 bits per heavy atom. The molecule has 2 heterocycles. The number of amides is 1. The van der Waals surface area contributed by atoms with Crippen molar-refractivity contribution >= 4 is 22.4 Å². The average Bonchev–Trinajstić information content (AvgIpc) is 3.35. The summed E-state index contributed by atoms with van der Waals surface area (Å²) in [5.41, 5.74) is 3.96. The molecule has 0 aliphatic carbocycles. The van der Waals surface area contributed by atoms with Gasteiger partial charge in [-0.05, 0) is 42.3 Å². The van der Waals surface area contributed by atoms with Crippen molar-refractivity contribution in [2.24, 2.45) is 0 Å². The first kappa shape index (κ1) is 17.2. The summed E-state index contributed by atoms with van der Waals surface area (Å²) in [4.78, 5) is 18.1. The summed E-state index contributed by atoms with van der Waals surface area (Å²) in [6.45, 7) is 2.04. The lowest BCUT2D eigenvalue weighted by atomic mass is 10.1. The molecule has 4 aromatic rings. The van der Waals surface area contributed by atoms with Crippen molar-refractivity contribution in [3.8, 4) is 5.69 Å². The van der Waals surface area contributed by atoms with Gasteiger partial charge in [0, 0.05) is 41.1 Å². The second kappa shape index (κ2) is 7.60. The van der Waals surface area contributed by atoms with E-state index in [4.69, 9.17) is 0 Å². The van der Waals surface area contributed by atoms with E-state index in [0.717, 1.165) is 22.5 Å². The van der Waals surface area contributed by atoms with E-state index < -0.39 is 0 Å². The maximum absolute atomic E-state index is 12.7. The molecule has 0 bridgehead atoms. The lowest BCUT2D eigenvalue weighted by molar-refractivity contribution is 0.102. The third-order valence-electron chi connectivity index (χ3n) is 4.35. The summed E-state index contributed by atoms with van der Waals surface area (Å²) >= 11 is 1.51. The molecule has 2 aromatic carbocycles. The van der Waals surface area contributed by atoms with E-state index in [9.17, 15) is 4.79 Å². The number of hydrogen-bond acceptors (Lipinski definition) is 3. The molecule has 2 aromatic heterocycles. The summed E-state index contributed by atoms with van der Waals surface area (Å²) in [7, 11) is 0. The molecule has 0 saturated heterocycles. The first-order valence-electron chi connectivity index (χ1n) is 8.73. The Morgan fingerprint density at radius 3 is 2.63 bits per heavy atom. The number of rotatable bonds is 5. The largest absolute Gasteiger partial charge is 0.324 e. The van der Waals surface area contributed by atoms with Gasteiger partial charge in [-0.25, -0.2) is 4.98 Å². The van der Waals surface area contributed by atoms with Crippen LogP contribution in [0.3, 0.4) is 0 Å². The van der Waals surface area contributed by atoms with Crippen LogP contribution in [-0.2, 0) is 6.42 Å². The summed E-state index contributed by atoms with van der Waals surface area (Å²) < 4.78 is 2.01. The van der Waals surface area contributed by atoms with E-state index in [1.165, 1.54) is 16.9 Å². The highest BCUT2D eigenvalue weighted by Gasteiger charge is 2.12. The lowest BCUT2D eigenvalue weighted by Crippen LogP contribution is -2.12. The number of hydrogen-bond donors (Lipinski definition) is 1. The van der Waals surface area contributed by atoms with Crippen molar-refractivity contribution in [1.82, 2.24) is 9.55 Å². The Morgan fingerprint density at radius 2 is 1.85 bits per heavy atom. The zero-order chi connectivity index (χ0) is 18.6. The smallest absolute Gasteiger partial charge is 0.257 e. The van der Waals surface area contributed by atoms with Crippen molar-refractivity contribution in [3.05, 3.63) is 101 Å². The van der Waals surface area contributed by atoms with Gasteiger partial charge in [-0.15, -0.1) is 11.3 Å². The third-order valence-corrected chi connectivity index (χ3v) is 5.26. The summed E-state index contributed by atoms with van der Waals surface area (Å²) in [5, 5.41) is 3.54. The predicted molar refractivity (Wildman–Crippen MR) is 110 cm³/mol. The molecule has 4 rings (SSSR count). The van der Waals surface area contributed by atoms with Gasteiger partial charge >= 0.3 is 0 Å². The van der Waals surface area contributed by atoms with Crippen LogP contribution in [0.15, 0.2) is 79.3 Å². The van der Waals surface area contributed by atoms with Gasteiger partial charge in [0.15, 0.2) is 5.13 Å². The fourth-order valence-electron chi connectivity index (χ4n) is 2.94. The maximum Gasteiger partial charge on any atom is 0.257 e. The van der Waals surface area contributed by atoms with E-state index in [2.05, 4.69) is 22.4 Å². The van der Waals surface area contributed by atoms with Crippen molar-refractivity contribution in [1.29, 1.82) is 0 Å². The molecule has 0 saturated carbocycles. The molecule has 0 aliphatic heterocycles. The molecule has 27 heavy (non-hydrogen) atoms. The van der Waals surface area contributed by atoms with Crippen LogP contribution in [-0.4, -0.2) is 15.5 Å². The fourth-order valence-corrected chi connectivity index (χ4v) is 3.78. The number of carbonyl (C=O) groups is 1. The van der Waals surface area contributed by atoms with Crippen LogP contribution in [0.4, 0.5) is 5.13 Å². The van der Waals surface area contributed by atoms with Gasteiger partial charge in [0.2, 0.25) is 0 Å². The van der Waals surface area contributed by atoms with Gasteiger partial charge in [-0.1, -0.05) is 36.4 Å². The van der Waals surface area contributed by atoms with E-state index >= 15 is 0 Å². The van der Waals surface area contributed by atoms with Gasteiger partial charge in [0.05, 0.1) is 0 Å². The van der Waals surface area contributed by atoms with Crippen LogP contribution in [0.5, 0.6) is 0 Å². The monoisotopic (exact) mass is 373 g/mol. The minimum Gasteiger partial charge on any atom is -0.324 e. The quantitative estimate of drug-likeness (QED) is 0.530. The first-order chi connectivity index (χ1) is 13.2. The lowest BCUT2D eigenvalue weighted by Gasteiger charge is -2.10. The molecule has 0 spiro atoms. The molecule has 0 aliphatic rings. The number of thiazole rings is 1. The molecular formula is C22H19N3OS. The fraction of sp³-hybridized carbons (Fsp3) is 0.0909. The zero-order valence-corrected chi connectivity index (χ0v) is 15.7. The van der Waals surface area contributed by atoms with Gasteiger partial charge in [-0.2, -0.15) is 0 Å². The van der Waals surface area contributed by atoms with Crippen LogP contribution in [0.2, 0.25) is 0 Å². The Kier molecular flexibility index (Phi) is 4.85. The number of nitrogens with one attached hydrogen (secondary N) is 1. The van der Waals surface area contributed by atoms with Gasteiger partial charge in [0.25, 0.3) is 5.91 Å². The Labute approximate surface area is 162 Å². The Bertz CT molecular complexity index is 1050. The molecule has 5 heteroatoms. The number of nitrogens with zero attached hydrogens (tertiary/aromatic N) is 2. The third kappa shape index (κ3) is 3.99. The van der Waals surface area contributed by atoms with Gasteiger partial charge in [-0.3, -0.25) is 10.1 Å². The molecule has 0 fully saturated rings. The van der Waals surface area contributed by atoms with Gasteiger partial charge < -0.3 is 4.57 Å². The number of aryl methyl sites for hydroxylation is 1. The van der Waals surface area contributed by atoms with Crippen molar-refractivity contribution in [2.45, 2.75) is 13.3 Å². The Hall–Kier alpha value is -3.18. The van der Waals surface area contributed by atoms with E-state index in [0.29, 0.717) is 10.7 Å². The maximum atomic E-state index is 12.7. The molecule has 0 radical (unpaired) electrons. The minimum absolute atomic E-state index is 0.149. The second-order valence-corrected chi connectivity index (χ2v) is 7.46. The molecular weight excluding hydrogens is 354 g/mol. The van der Waals surface area contributed by atoms with Crippen LogP contribution >= 0.6 is 11.3 Å². The van der Waals surface area contributed by atoms with Crippen LogP contribution in [0, 0.1) is 6.92 Å². The standard InChI is InChI=1S/C22H19N3OS/c1-16-9-10-18(14-20(16)25-11-5-6-12-25)21(26)24-22-23-15-19(27-22)13-17-7-3-2-4-8-17/h2-12,14-15H,13H2,1H3,(H,23,24,26). The topological polar surface area (TPSA) is 46.9 Å². The zero-order valence-electron chi connectivity index (χ0n) is 14.9. The SMILES string of the molecule is Cc1ccc(C(=O)Nc2ncc(Cc3ccccc3)s2)cc1-n1cccc1. The minimum atomic E-state index is -0.149. The first-order valence-corrected chi connectivity index (χ1v) is 9.55. The normalized spacial score (nSPS) is 10.7. The van der Waals surface area contributed by atoms with E-state index in [1.807, 2.05) is 78.6 Å². The van der Waals surface area contributed by atoms with Crippen LogP contribution in [0.25, 0.3) is 5.69 Å². The van der Waals surface area contributed by atoms with Crippen LogP contribution in [0.1, 0.15) is 26.4 Å². The summed E-state index contributed by atoms with van der Waals surface area (Å²) in [5.74, 6) is -0.149. The van der Waals surface area contributed by atoms with Crippen LogP contribution < -0.4 is 5.32 Å². The molecule has 134 valence electrons. The molecule has 4 nitrogen and oxygen atoms in total. The van der Waals surface area contributed by atoms with Crippen molar-refractivity contribution < 1.29 is 4.79 Å². The number of aromatic nitrogens is 2. The Balaban J connectivity index is 1.49. The number of benzene rings is 2. The average molecular weight is 373 g/mol. The highest BCUT2D eigenvalue weighted by Crippen LogP contribution is 2.23. The second-order valence-electron chi connectivity index (χ2n) is 6.34. The number of carbonyl (C=O) groups excluding carboxylic acids is 1. The van der Waals surface area contributed by atoms with Crippen molar-refractivity contribution in [2.75, 3.05) is 5.32 Å². The highest BCUT2D eigenvalue weighted by atomic mass is 32.1.